The van der Waals surface area contributed by atoms with Gasteiger partial charge in [-0.05, 0) is 19.1 Å². The van der Waals surface area contributed by atoms with Crippen LogP contribution in [-0.2, 0) is 4.74 Å². The Morgan fingerprint density at radius 3 is 2.72 bits per heavy atom. The average Bonchev–Trinajstić information content (AvgIpc) is 2.28. The summed E-state index contributed by atoms with van der Waals surface area (Å²) in [5.41, 5.74) is 6.54. The van der Waals surface area contributed by atoms with Gasteiger partial charge in [0.15, 0.2) is 0 Å². The van der Waals surface area contributed by atoms with Gasteiger partial charge in [-0.3, -0.25) is 0 Å². The first kappa shape index (κ1) is 14.2. The van der Waals surface area contributed by atoms with Gasteiger partial charge in [-0.2, -0.15) is 0 Å². The standard InChI is InChI=1S/C12H16F2N2O2/c1-3-18-12(17)8-5-4-6-9(11(8)15)16(2)7-10(13)14/h4-6,10H,3,7,15H2,1-2H3. The van der Waals surface area contributed by atoms with Crippen molar-refractivity contribution in [3.8, 4) is 0 Å². The summed E-state index contributed by atoms with van der Waals surface area (Å²) in [6.07, 6.45) is -2.47. The normalized spacial score (nSPS) is 10.5. The summed E-state index contributed by atoms with van der Waals surface area (Å²) in [6, 6.07) is 4.67. The fraction of sp³-hybridized carbons (Fsp3) is 0.417. The number of benzene rings is 1. The summed E-state index contributed by atoms with van der Waals surface area (Å²) in [5.74, 6) is -0.553. The Morgan fingerprint density at radius 2 is 2.17 bits per heavy atom. The van der Waals surface area contributed by atoms with Gasteiger partial charge in [-0.15, -0.1) is 0 Å². The third-order valence-corrected chi connectivity index (χ3v) is 2.40. The smallest absolute Gasteiger partial charge is 0.340 e. The number of anilines is 2. The van der Waals surface area contributed by atoms with E-state index in [1.807, 2.05) is 0 Å². The Kier molecular flexibility index (Phi) is 4.88. The fourth-order valence-corrected chi connectivity index (χ4v) is 1.58. The van der Waals surface area contributed by atoms with Crippen molar-refractivity contribution < 1.29 is 18.3 Å². The van der Waals surface area contributed by atoms with E-state index in [1.54, 1.807) is 19.1 Å². The summed E-state index contributed by atoms with van der Waals surface area (Å²) in [5, 5.41) is 0. The number of esters is 1. The average molecular weight is 258 g/mol. The van der Waals surface area contributed by atoms with E-state index in [0.717, 1.165) is 0 Å². The zero-order valence-corrected chi connectivity index (χ0v) is 10.3. The van der Waals surface area contributed by atoms with Gasteiger partial charge < -0.3 is 15.4 Å². The van der Waals surface area contributed by atoms with Gasteiger partial charge >= 0.3 is 5.97 Å². The minimum absolute atomic E-state index is 0.152. The number of nitrogens with two attached hydrogens (primary N) is 1. The number of carbonyl (C=O) groups is 1. The Hall–Kier alpha value is -1.85. The van der Waals surface area contributed by atoms with Gasteiger partial charge in [-0.1, -0.05) is 6.07 Å². The number of hydrogen-bond donors (Lipinski definition) is 1. The van der Waals surface area contributed by atoms with E-state index in [9.17, 15) is 13.6 Å². The lowest BCUT2D eigenvalue weighted by atomic mass is 10.1. The number of halogens is 2. The van der Waals surface area contributed by atoms with Crippen LogP contribution in [0, 0.1) is 0 Å². The second kappa shape index (κ2) is 6.18. The summed E-state index contributed by atoms with van der Waals surface area (Å²) in [6.45, 7) is 1.46. The van der Waals surface area contributed by atoms with E-state index >= 15 is 0 Å². The molecule has 0 aliphatic rings. The number of ether oxygens (including phenoxy) is 1. The third-order valence-electron chi connectivity index (χ3n) is 2.40. The molecule has 4 nitrogen and oxygen atoms in total. The summed E-state index contributed by atoms with van der Waals surface area (Å²) in [7, 11) is 1.49. The van der Waals surface area contributed by atoms with Crippen LogP contribution in [0.5, 0.6) is 0 Å². The molecule has 0 amide bonds. The molecule has 0 radical (unpaired) electrons. The largest absolute Gasteiger partial charge is 0.462 e. The van der Waals surface area contributed by atoms with Crippen LogP contribution in [0.2, 0.25) is 0 Å². The van der Waals surface area contributed by atoms with Crippen LogP contribution in [0.4, 0.5) is 20.2 Å². The lowest BCUT2D eigenvalue weighted by Gasteiger charge is -2.21. The summed E-state index contributed by atoms with van der Waals surface area (Å²) in [4.78, 5) is 12.9. The second-order valence-electron chi connectivity index (χ2n) is 3.73. The van der Waals surface area contributed by atoms with E-state index in [4.69, 9.17) is 10.5 Å². The molecule has 0 aliphatic carbocycles. The van der Waals surface area contributed by atoms with Crippen LogP contribution in [0.1, 0.15) is 17.3 Å². The predicted octanol–water partition coefficient (Wildman–Crippen LogP) is 2.15. The molecule has 1 rings (SSSR count). The lowest BCUT2D eigenvalue weighted by Crippen LogP contribution is -2.25. The lowest BCUT2D eigenvalue weighted by molar-refractivity contribution is 0.0527. The third kappa shape index (κ3) is 3.32. The number of nitrogen functional groups attached to an aromatic ring is 1. The van der Waals surface area contributed by atoms with Crippen molar-refractivity contribution in [1.82, 2.24) is 0 Å². The highest BCUT2D eigenvalue weighted by molar-refractivity contribution is 5.98. The molecule has 0 unspecified atom stereocenters. The van der Waals surface area contributed by atoms with E-state index in [1.165, 1.54) is 18.0 Å². The van der Waals surface area contributed by atoms with Crippen LogP contribution in [0.15, 0.2) is 18.2 Å². The molecule has 1 aromatic rings. The highest BCUT2D eigenvalue weighted by Crippen LogP contribution is 2.26. The number of alkyl halides is 2. The van der Waals surface area contributed by atoms with Crippen molar-refractivity contribution in [1.29, 1.82) is 0 Å². The number of carbonyl (C=O) groups excluding carboxylic acids is 1. The zero-order valence-electron chi connectivity index (χ0n) is 10.3. The Balaban J connectivity index is 3.01. The molecule has 0 bridgehead atoms. The van der Waals surface area contributed by atoms with Gasteiger partial charge in [0, 0.05) is 7.05 Å². The molecule has 0 saturated heterocycles. The Labute approximate surface area is 104 Å². The SMILES string of the molecule is CCOC(=O)c1cccc(N(C)CC(F)F)c1N. The maximum atomic E-state index is 12.3. The van der Waals surface area contributed by atoms with Crippen molar-refractivity contribution in [2.24, 2.45) is 0 Å². The van der Waals surface area contributed by atoms with Gasteiger partial charge in [0.05, 0.1) is 30.1 Å². The van der Waals surface area contributed by atoms with Crippen LogP contribution in [0.3, 0.4) is 0 Å². The van der Waals surface area contributed by atoms with Crippen molar-refractivity contribution in [3.05, 3.63) is 23.8 Å². The maximum absolute atomic E-state index is 12.3. The summed E-state index contributed by atoms with van der Waals surface area (Å²) < 4.78 is 29.5. The van der Waals surface area contributed by atoms with Crippen molar-refractivity contribution >= 4 is 17.3 Å². The first-order valence-electron chi connectivity index (χ1n) is 5.52. The number of nitrogens with zero attached hydrogens (tertiary/aromatic N) is 1. The van der Waals surface area contributed by atoms with Crippen LogP contribution in [-0.4, -0.2) is 32.6 Å². The molecule has 0 saturated carbocycles. The van der Waals surface area contributed by atoms with Crippen LogP contribution in [0.25, 0.3) is 0 Å². The molecule has 0 aromatic heterocycles. The van der Waals surface area contributed by atoms with Crippen molar-refractivity contribution in [3.63, 3.8) is 0 Å². The number of para-hydroxylation sites is 1. The van der Waals surface area contributed by atoms with E-state index < -0.39 is 18.9 Å². The highest BCUT2D eigenvalue weighted by Gasteiger charge is 2.17. The molecule has 1 aromatic carbocycles. The number of rotatable bonds is 5. The molecule has 100 valence electrons. The number of hydrogen-bond acceptors (Lipinski definition) is 4. The van der Waals surface area contributed by atoms with Gasteiger partial charge in [0.1, 0.15) is 0 Å². The quantitative estimate of drug-likeness (QED) is 0.649. The van der Waals surface area contributed by atoms with Crippen LogP contribution >= 0.6 is 0 Å². The molecule has 0 spiro atoms. The fourth-order valence-electron chi connectivity index (χ4n) is 1.58. The predicted molar refractivity (Wildman–Crippen MR) is 66.1 cm³/mol. The Morgan fingerprint density at radius 1 is 1.50 bits per heavy atom. The van der Waals surface area contributed by atoms with Crippen molar-refractivity contribution in [2.75, 3.05) is 30.8 Å². The van der Waals surface area contributed by atoms with Gasteiger partial charge in [-0.25, -0.2) is 13.6 Å². The molecule has 0 aliphatic heterocycles. The van der Waals surface area contributed by atoms with Crippen molar-refractivity contribution in [2.45, 2.75) is 13.3 Å². The summed E-state index contributed by atoms with van der Waals surface area (Å²) >= 11 is 0. The molecule has 0 fully saturated rings. The van der Waals surface area contributed by atoms with E-state index in [2.05, 4.69) is 0 Å². The molecule has 6 heteroatoms. The highest BCUT2D eigenvalue weighted by atomic mass is 19.3. The van der Waals surface area contributed by atoms with Gasteiger partial charge in [0.25, 0.3) is 6.43 Å². The molecule has 2 N–H and O–H groups in total. The van der Waals surface area contributed by atoms with Gasteiger partial charge in [0.2, 0.25) is 0 Å². The molecule has 18 heavy (non-hydrogen) atoms. The first-order valence-corrected chi connectivity index (χ1v) is 5.52. The minimum Gasteiger partial charge on any atom is -0.462 e. The Bertz CT molecular complexity index is 425. The second-order valence-corrected chi connectivity index (χ2v) is 3.73. The first-order chi connectivity index (χ1) is 8.47. The topological polar surface area (TPSA) is 55.6 Å². The zero-order chi connectivity index (χ0) is 13.7. The van der Waals surface area contributed by atoms with Crippen LogP contribution < -0.4 is 10.6 Å². The molecular weight excluding hydrogens is 242 g/mol. The monoisotopic (exact) mass is 258 g/mol. The molecular formula is C12H16F2N2O2. The molecule has 0 heterocycles. The molecule has 0 atom stereocenters. The maximum Gasteiger partial charge on any atom is 0.340 e. The van der Waals surface area contributed by atoms with E-state index in [0.29, 0.717) is 5.69 Å². The minimum atomic E-state index is -2.47. The van der Waals surface area contributed by atoms with E-state index in [-0.39, 0.29) is 17.9 Å².